The summed E-state index contributed by atoms with van der Waals surface area (Å²) < 4.78 is 5.52. The first-order valence-corrected chi connectivity index (χ1v) is 8.73. The number of nitrogens with one attached hydrogen (secondary N) is 2. The van der Waals surface area contributed by atoms with E-state index >= 15 is 0 Å². The third kappa shape index (κ3) is 4.24. The molecule has 0 unspecified atom stereocenters. The fourth-order valence-corrected chi connectivity index (χ4v) is 2.82. The van der Waals surface area contributed by atoms with Crippen LogP contribution >= 0.6 is 11.6 Å². The topological polar surface area (TPSA) is 57.5 Å². The SMILES string of the molecule is CC(C)CNCC(=O)N1NC(c2ccc(Cl)cc2)=C[C@@H]1c1ccco1. The van der Waals surface area contributed by atoms with Crippen molar-refractivity contribution in [2.45, 2.75) is 19.9 Å². The summed E-state index contributed by atoms with van der Waals surface area (Å²) in [6.45, 7) is 5.28. The minimum atomic E-state index is -0.283. The van der Waals surface area contributed by atoms with Gasteiger partial charge in [-0.2, -0.15) is 0 Å². The number of nitrogens with zero attached hydrogens (tertiary/aromatic N) is 1. The van der Waals surface area contributed by atoms with Crippen LogP contribution in [0.3, 0.4) is 0 Å². The summed E-state index contributed by atoms with van der Waals surface area (Å²) in [5, 5.41) is 5.47. The summed E-state index contributed by atoms with van der Waals surface area (Å²) in [5.74, 6) is 1.17. The molecule has 1 amide bonds. The van der Waals surface area contributed by atoms with Gasteiger partial charge in [0.15, 0.2) is 0 Å². The average Bonchev–Trinajstić information content (AvgIpc) is 3.24. The molecule has 0 aliphatic carbocycles. The zero-order chi connectivity index (χ0) is 17.8. The fourth-order valence-electron chi connectivity index (χ4n) is 2.70. The lowest BCUT2D eigenvalue weighted by Crippen LogP contribution is -2.44. The van der Waals surface area contributed by atoms with Crippen LogP contribution in [0.25, 0.3) is 5.70 Å². The number of amides is 1. The quantitative estimate of drug-likeness (QED) is 0.827. The highest BCUT2D eigenvalue weighted by atomic mass is 35.5. The van der Waals surface area contributed by atoms with Gasteiger partial charge < -0.3 is 9.73 Å². The van der Waals surface area contributed by atoms with Gasteiger partial charge in [-0.05, 0) is 48.4 Å². The number of halogens is 1. The lowest BCUT2D eigenvalue weighted by molar-refractivity contribution is -0.133. The number of hydrogen-bond donors (Lipinski definition) is 2. The molecule has 0 radical (unpaired) electrons. The van der Waals surface area contributed by atoms with E-state index in [2.05, 4.69) is 24.6 Å². The Balaban J connectivity index is 1.78. The van der Waals surface area contributed by atoms with Crippen LogP contribution in [0.15, 0.2) is 53.2 Å². The predicted octanol–water partition coefficient (Wildman–Crippen LogP) is 3.61. The molecule has 132 valence electrons. The normalized spacial score (nSPS) is 16.9. The largest absolute Gasteiger partial charge is 0.467 e. The van der Waals surface area contributed by atoms with E-state index < -0.39 is 0 Å². The van der Waals surface area contributed by atoms with Crippen molar-refractivity contribution in [3.05, 3.63) is 65.1 Å². The first-order chi connectivity index (χ1) is 12.0. The predicted molar refractivity (Wildman–Crippen MR) is 98.6 cm³/mol. The highest BCUT2D eigenvalue weighted by Crippen LogP contribution is 2.31. The number of hydrazine groups is 1. The van der Waals surface area contributed by atoms with Gasteiger partial charge >= 0.3 is 0 Å². The van der Waals surface area contributed by atoms with E-state index in [4.69, 9.17) is 16.0 Å². The Kier molecular flexibility index (Phi) is 5.46. The van der Waals surface area contributed by atoms with Gasteiger partial charge in [0.2, 0.25) is 0 Å². The standard InChI is InChI=1S/C19H22ClN3O2/c1-13(2)11-21-12-19(24)23-17(18-4-3-9-25-18)10-16(22-23)14-5-7-15(20)8-6-14/h3-10,13,17,21-22H,11-12H2,1-2H3/t17-/m1/s1. The molecule has 5 nitrogen and oxygen atoms in total. The van der Waals surface area contributed by atoms with Crippen LogP contribution in [0, 0.1) is 5.92 Å². The molecule has 25 heavy (non-hydrogen) atoms. The molecular formula is C19H22ClN3O2. The number of benzene rings is 1. The van der Waals surface area contributed by atoms with E-state index in [-0.39, 0.29) is 18.5 Å². The lowest BCUT2D eigenvalue weighted by Gasteiger charge is -2.24. The van der Waals surface area contributed by atoms with E-state index in [9.17, 15) is 4.79 Å². The van der Waals surface area contributed by atoms with Gasteiger partial charge in [-0.15, -0.1) is 0 Å². The number of carbonyl (C=O) groups excluding carboxylic acids is 1. The Labute approximate surface area is 152 Å². The van der Waals surface area contributed by atoms with Crippen molar-refractivity contribution in [3.8, 4) is 0 Å². The Morgan fingerprint density at radius 2 is 2.08 bits per heavy atom. The van der Waals surface area contributed by atoms with Crippen molar-refractivity contribution >= 4 is 23.2 Å². The monoisotopic (exact) mass is 359 g/mol. The second-order valence-electron chi connectivity index (χ2n) is 6.45. The molecule has 0 saturated heterocycles. The maximum atomic E-state index is 12.7. The highest BCUT2D eigenvalue weighted by molar-refractivity contribution is 6.30. The molecule has 2 N–H and O–H groups in total. The van der Waals surface area contributed by atoms with E-state index in [1.165, 1.54) is 0 Å². The summed E-state index contributed by atoms with van der Waals surface area (Å²) in [5.41, 5.74) is 5.03. The molecule has 1 aromatic carbocycles. The van der Waals surface area contributed by atoms with Crippen LogP contribution in [-0.2, 0) is 4.79 Å². The van der Waals surface area contributed by atoms with Crippen LogP contribution in [0.2, 0.25) is 5.02 Å². The van der Waals surface area contributed by atoms with Gasteiger partial charge in [0.1, 0.15) is 11.8 Å². The van der Waals surface area contributed by atoms with Crippen LogP contribution in [0.4, 0.5) is 0 Å². The Hall–Kier alpha value is -2.24. The van der Waals surface area contributed by atoms with Gasteiger partial charge in [-0.3, -0.25) is 10.2 Å². The molecule has 2 heterocycles. The van der Waals surface area contributed by atoms with Gasteiger partial charge in [0.25, 0.3) is 5.91 Å². The average molecular weight is 360 g/mol. The molecule has 1 aliphatic rings. The first kappa shape index (κ1) is 17.6. The molecular weight excluding hydrogens is 338 g/mol. The van der Waals surface area contributed by atoms with Crippen LogP contribution in [0.5, 0.6) is 0 Å². The van der Waals surface area contributed by atoms with E-state index in [0.717, 1.165) is 17.8 Å². The maximum Gasteiger partial charge on any atom is 0.255 e. The van der Waals surface area contributed by atoms with Crippen molar-refractivity contribution in [3.63, 3.8) is 0 Å². The summed E-state index contributed by atoms with van der Waals surface area (Å²) in [6.07, 6.45) is 3.60. The number of rotatable bonds is 6. The second kappa shape index (κ2) is 7.76. The van der Waals surface area contributed by atoms with Crippen molar-refractivity contribution in [2.24, 2.45) is 5.92 Å². The van der Waals surface area contributed by atoms with Crippen LogP contribution < -0.4 is 10.7 Å². The third-order valence-electron chi connectivity index (χ3n) is 3.93. The van der Waals surface area contributed by atoms with Gasteiger partial charge in [0.05, 0.1) is 18.5 Å². The molecule has 0 saturated carbocycles. The van der Waals surface area contributed by atoms with Crippen molar-refractivity contribution < 1.29 is 9.21 Å². The van der Waals surface area contributed by atoms with E-state index in [1.54, 1.807) is 11.3 Å². The summed E-state index contributed by atoms with van der Waals surface area (Å²) in [6, 6.07) is 10.9. The Morgan fingerprint density at radius 3 is 2.72 bits per heavy atom. The zero-order valence-electron chi connectivity index (χ0n) is 14.3. The van der Waals surface area contributed by atoms with Crippen LogP contribution in [-0.4, -0.2) is 24.0 Å². The van der Waals surface area contributed by atoms with Gasteiger partial charge in [-0.25, -0.2) is 5.01 Å². The minimum absolute atomic E-state index is 0.0396. The minimum Gasteiger partial charge on any atom is -0.467 e. The fraction of sp³-hybridized carbons (Fsp3) is 0.316. The highest BCUT2D eigenvalue weighted by Gasteiger charge is 2.32. The number of carbonyl (C=O) groups is 1. The zero-order valence-corrected chi connectivity index (χ0v) is 15.1. The first-order valence-electron chi connectivity index (χ1n) is 8.35. The van der Waals surface area contributed by atoms with Crippen molar-refractivity contribution in [2.75, 3.05) is 13.1 Å². The maximum absolute atomic E-state index is 12.7. The molecule has 1 aromatic heterocycles. The third-order valence-corrected chi connectivity index (χ3v) is 4.18. The van der Waals surface area contributed by atoms with Gasteiger partial charge in [-0.1, -0.05) is 37.6 Å². The Morgan fingerprint density at radius 1 is 1.32 bits per heavy atom. The second-order valence-corrected chi connectivity index (χ2v) is 6.88. The van der Waals surface area contributed by atoms with Gasteiger partial charge in [0, 0.05) is 5.02 Å². The number of furan rings is 1. The smallest absolute Gasteiger partial charge is 0.255 e. The molecule has 2 aromatic rings. The van der Waals surface area contributed by atoms with E-state index in [0.29, 0.717) is 16.7 Å². The van der Waals surface area contributed by atoms with Crippen LogP contribution in [0.1, 0.15) is 31.2 Å². The Bertz CT molecular complexity index is 739. The van der Waals surface area contributed by atoms with E-state index in [1.807, 2.05) is 42.5 Å². The molecule has 0 spiro atoms. The molecule has 1 aliphatic heterocycles. The van der Waals surface area contributed by atoms with Crippen molar-refractivity contribution in [1.29, 1.82) is 0 Å². The molecule has 3 rings (SSSR count). The summed E-state index contributed by atoms with van der Waals surface area (Å²) >= 11 is 5.96. The van der Waals surface area contributed by atoms with Crippen molar-refractivity contribution in [1.82, 2.24) is 15.8 Å². The molecule has 1 atom stereocenters. The summed E-state index contributed by atoms with van der Waals surface area (Å²) in [7, 11) is 0. The number of hydrogen-bond acceptors (Lipinski definition) is 4. The molecule has 0 bridgehead atoms. The summed E-state index contributed by atoms with van der Waals surface area (Å²) in [4.78, 5) is 12.7. The molecule has 0 fully saturated rings. The molecule has 6 heteroatoms. The lowest BCUT2D eigenvalue weighted by atomic mass is 10.1.